The summed E-state index contributed by atoms with van der Waals surface area (Å²) < 4.78 is 7.28. The normalized spacial score (nSPS) is 15.9. The molecule has 0 radical (unpaired) electrons. The fourth-order valence-corrected chi connectivity index (χ4v) is 2.54. The first kappa shape index (κ1) is 12.9. The third-order valence-electron chi connectivity index (χ3n) is 3.97. The van der Waals surface area contributed by atoms with Crippen LogP contribution in [0.1, 0.15) is 36.2 Å². The van der Waals surface area contributed by atoms with Crippen LogP contribution in [0, 0.1) is 5.92 Å². The highest BCUT2D eigenvalue weighted by Crippen LogP contribution is 2.40. The van der Waals surface area contributed by atoms with E-state index in [1.54, 1.807) is 7.11 Å². The number of hydrogen-bond donors (Lipinski definition) is 0. The van der Waals surface area contributed by atoms with Crippen molar-refractivity contribution in [1.82, 2.24) is 9.78 Å². The van der Waals surface area contributed by atoms with E-state index in [4.69, 9.17) is 4.74 Å². The van der Waals surface area contributed by atoms with Gasteiger partial charge in [0, 0.05) is 11.8 Å². The molecule has 1 aliphatic carbocycles. The van der Waals surface area contributed by atoms with Crippen LogP contribution in [0.3, 0.4) is 0 Å². The van der Waals surface area contributed by atoms with Gasteiger partial charge in [-0.1, -0.05) is 12.1 Å². The molecule has 1 unspecified atom stereocenters. The summed E-state index contributed by atoms with van der Waals surface area (Å²) in [7, 11) is 1.63. The zero-order valence-corrected chi connectivity index (χ0v) is 11.7. The summed E-state index contributed by atoms with van der Waals surface area (Å²) in [6, 6.07) is 7.99. The summed E-state index contributed by atoms with van der Waals surface area (Å²) in [5, 5.41) is 4.63. The number of carbonyl (C=O) groups excluding carboxylic acids is 1. The number of methoxy groups -OCH3 is 1. The summed E-state index contributed by atoms with van der Waals surface area (Å²) in [5.41, 5.74) is 2.17. The molecule has 0 saturated heterocycles. The molecular formula is C16H18N2O2. The molecule has 4 nitrogen and oxygen atoms in total. The first-order valence-electron chi connectivity index (χ1n) is 6.92. The highest BCUT2D eigenvalue weighted by molar-refractivity contribution is 5.87. The minimum atomic E-state index is 0.345. The Balaban J connectivity index is 2.05. The number of benzene rings is 1. The summed E-state index contributed by atoms with van der Waals surface area (Å²) >= 11 is 0. The maximum absolute atomic E-state index is 11.3. The smallest absolute Gasteiger partial charge is 0.153 e. The Morgan fingerprint density at radius 1 is 1.40 bits per heavy atom. The van der Waals surface area contributed by atoms with Gasteiger partial charge in [0.15, 0.2) is 6.29 Å². The molecule has 1 heterocycles. The van der Waals surface area contributed by atoms with E-state index in [1.165, 1.54) is 12.8 Å². The predicted octanol–water partition coefficient (Wildman–Crippen LogP) is 3.34. The Labute approximate surface area is 118 Å². The minimum Gasteiger partial charge on any atom is -0.496 e. The molecule has 3 rings (SSSR count). The second-order valence-corrected chi connectivity index (χ2v) is 5.31. The van der Waals surface area contributed by atoms with Crippen LogP contribution < -0.4 is 4.74 Å². The second kappa shape index (κ2) is 5.12. The van der Waals surface area contributed by atoms with Gasteiger partial charge in [0.1, 0.15) is 11.4 Å². The van der Waals surface area contributed by atoms with Crippen LogP contribution in [-0.2, 0) is 0 Å². The standard InChI is InChI=1S/C16H18N2O2/c1-11(12-7-8-12)18-9-13(10-19)16(17-18)14-5-3-4-6-15(14)20-2/h3-6,9-12H,7-8H2,1-2H3. The maximum atomic E-state index is 11.3. The lowest BCUT2D eigenvalue weighted by Gasteiger charge is -2.10. The number of aromatic nitrogens is 2. The third kappa shape index (κ3) is 2.22. The molecule has 1 aromatic carbocycles. The van der Waals surface area contributed by atoms with Crippen LogP contribution in [-0.4, -0.2) is 23.2 Å². The molecule has 0 spiro atoms. The number of nitrogens with zero attached hydrogens (tertiary/aromatic N) is 2. The van der Waals surface area contributed by atoms with Crippen molar-refractivity contribution in [3.63, 3.8) is 0 Å². The zero-order chi connectivity index (χ0) is 14.1. The molecule has 1 saturated carbocycles. The van der Waals surface area contributed by atoms with Gasteiger partial charge in [0.25, 0.3) is 0 Å². The van der Waals surface area contributed by atoms with Crippen LogP contribution in [0.25, 0.3) is 11.3 Å². The fourth-order valence-electron chi connectivity index (χ4n) is 2.54. The van der Waals surface area contributed by atoms with Gasteiger partial charge in [-0.25, -0.2) is 0 Å². The molecule has 1 atom stereocenters. The van der Waals surface area contributed by atoms with E-state index < -0.39 is 0 Å². The molecule has 1 fully saturated rings. The quantitative estimate of drug-likeness (QED) is 0.783. The summed E-state index contributed by atoms with van der Waals surface area (Å²) in [6.07, 6.45) is 5.21. The number of carbonyl (C=O) groups is 1. The van der Waals surface area contributed by atoms with E-state index in [9.17, 15) is 4.79 Å². The van der Waals surface area contributed by atoms with Crippen molar-refractivity contribution in [3.05, 3.63) is 36.0 Å². The number of aldehydes is 1. The molecule has 0 N–H and O–H groups in total. The number of rotatable bonds is 5. The topological polar surface area (TPSA) is 44.1 Å². The first-order valence-corrected chi connectivity index (χ1v) is 6.92. The lowest BCUT2D eigenvalue weighted by Crippen LogP contribution is -2.07. The minimum absolute atomic E-state index is 0.345. The third-order valence-corrected chi connectivity index (χ3v) is 3.97. The van der Waals surface area contributed by atoms with Gasteiger partial charge in [-0.2, -0.15) is 5.10 Å². The maximum Gasteiger partial charge on any atom is 0.153 e. The van der Waals surface area contributed by atoms with E-state index in [2.05, 4.69) is 12.0 Å². The Bertz CT molecular complexity index is 629. The van der Waals surface area contributed by atoms with Crippen molar-refractivity contribution in [2.75, 3.05) is 7.11 Å². The molecule has 4 heteroatoms. The molecule has 0 bridgehead atoms. The summed E-state index contributed by atoms with van der Waals surface area (Å²) in [4.78, 5) is 11.3. The van der Waals surface area contributed by atoms with Crippen LogP contribution in [0.15, 0.2) is 30.5 Å². The number of hydrogen-bond acceptors (Lipinski definition) is 3. The largest absolute Gasteiger partial charge is 0.496 e. The van der Waals surface area contributed by atoms with Gasteiger partial charge in [0.05, 0.1) is 18.7 Å². The van der Waals surface area contributed by atoms with Gasteiger partial charge in [-0.15, -0.1) is 0 Å². The Morgan fingerprint density at radius 2 is 2.15 bits per heavy atom. The average molecular weight is 270 g/mol. The fraction of sp³-hybridized carbons (Fsp3) is 0.375. The molecule has 0 aliphatic heterocycles. The molecule has 20 heavy (non-hydrogen) atoms. The van der Waals surface area contributed by atoms with E-state index in [0.29, 0.717) is 23.2 Å². The first-order chi connectivity index (χ1) is 9.74. The zero-order valence-electron chi connectivity index (χ0n) is 11.7. The SMILES string of the molecule is COc1ccccc1-c1nn(C(C)C2CC2)cc1C=O. The predicted molar refractivity (Wildman–Crippen MR) is 77.0 cm³/mol. The molecule has 1 aliphatic rings. The van der Waals surface area contributed by atoms with Crippen molar-refractivity contribution in [1.29, 1.82) is 0 Å². The van der Waals surface area contributed by atoms with Crippen LogP contribution in [0.2, 0.25) is 0 Å². The van der Waals surface area contributed by atoms with Crippen molar-refractivity contribution in [2.24, 2.45) is 5.92 Å². The van der Waals surface area contributed by atoms with Gasteiger partial charge in [0.2, 0.25) is 0 Å². The van der Waals surface area contributed by atoms with Crippen molar-refractivity contribution in [3.8, 4) is 17.0 Å². The molecule has 104 valence electrons. The summed E-state index contributed by atoms with van der Waals surface area (Å²) in [6.45, 7) is 2.16. The molecule has 1 aromatic heterocycles. The van der Waals surface area contributed by atoms with Gasteiger partial charge < -0.3 is 4.74 Å². The molecular weight excluding hydrogens is 252 g/mol. The average Bonchev–Trinajstić information content (AvgIpc) is 3.25. The number of ether oxygens (including phenoxy) is 1. The van der Waals surface area contributed by atoms with Crippen LogP contribution in [0.4, 0.5) is 0 Å². The Morgan fingerprint density at radius 3 is 2.80 bits per heavy atom. The Hall–Kier alpha value is -2.10. The van der Waals surface area contributed by atoms with E-state index in [0.717, 1.165) is 17.6 Å². The van der Waals surface area contributed by atoms with E-state index in [1.807, 2.05) is 35.1 Å². The van der Waals surface area contributed by atoms with E-state index in [-0.39, 0.29) is 0 Å². The lowest BCUT2D eigenvalue weighted by molar-refractivity contribution is 0.112. The van der Waals surface area contributed by atoms with Crippen LogP contribution >= 0.6 is 0 Å². The Kier molecular flexibility index (Phi) is 3.30. The summed E-state index contributed by atoms with van der Waals surface area (Å²) in [5.74, 6) is 1.43. The van der Waals surface area contributed by atoms with Gasteiger partial charge in [-0.05, 0) is 37.8 Å². The molecule has 0 amide bonds. The van der Waals surface area contributed by atoms with Crippen molar-refractivity contribution < 1.29 is 9.53 Å². The number of para-hydroxylation sites is 1. The monoisotopic (exact) mass is 270 g/mol. The highest BCUT2D eigenvalue weighted by atomic mass is 16.5. The molecule has 2 aromatic rings. The van der Waals surface area contributed by atoms with Crippen LogP contribution in [0.5, 0.6) is 5.75 Å². The van der Waals surface area contributed by atoms with Crippen molar-refractivity contribution in [2.45, 2.75) is 25.8 Å². The van der Waals surface area contributed by atoms with Crippen molar-refractivity contribution >= 4 is 6.29 Å². The highest BCUT2D eigenvalue weighted by Gasteiger charge is 2.30. The lowest BCUT2D eigenvalue weighted by atomic mass is 10.1. The van der Waals surface area contributed by atoms with Gasteiger partial charge in [-0.3, -0.25) is 9.48 Å². The van der Waals surface area contributed by atoms with Gasteiger partial charge >= 0.3 is 0 Å². The second-order valence-electron chi connectivity index (χ2n) is 5.31. The van der Waals surface area contributed by atoms with E-state index >= 15 is 0 Å².